The number of ether oxygens (including phenoxy) is 1. The molecule has 6 heteroatoms. The van der Waals surface area contributed by atoms with Crippen molar-refractivity contribution in [3.05, 3.63) is 99.5 Å². The Morgan fingerprint density at radius 3 is 1.82 bits per heavy atom. The van der Waals surface area contributed by atoms with Gasteiger partial charge in [-0.1, -0.05) is 72.6 Å². The largest absolute Gasteiger partial charge is 0.491 e. The lowest BCUT2D eigenvalue weighted by Crippen LogP contribution is -2.48. The van der Waals surface area contributed by atoms with E-state index >= 15 is 0 Å². The number of carbonyl (C=O) groups excluding carboxylic acids is 1. The van der Waals surface area contributed by atoms with Crippen LogP contribution < -0.4 is 15.4 Å². The van der Waals surface area contributed by atoms with E-state index < -0.39 is 5.66 Å². The number of benzene rings is 3. The van der Waals surface area contributed by atoms with Gasteiger partial charge in [-0.2, -0.15) is 0 Å². The van der Waals surface area contributed by atoms with Crippen LogP contribution in [0.2, 0.25) is 10.0 Å². The van der Waals surface area contributed by atoms with Gasteiger partial charge in [0.05, 0.1) is 18.2 Å². The molecule has 34 heavy (non-hydrogen) atoms. The van der Waals surface area contributed by atoms with Crippen molar-refractivity contribution in [1.82, 2.24) is 10.6 Å². The molecule has 0 saturated carbocycles. The van der Waals surface area contributed by atoms with Crippen LogP contribution in [0.4, 0.5) is 0 Å². The Balaban J connectivity index is 1.86. The van der Waals surface area contributed by atoms with Gasteiger partial charge in [0.2, 0.25) is 0 Å². The molecular formula is C28H30Cl2N2O2. The van der Waals surface area contributed by atoms with Crippen LogP contribution in [0.5, 0.6) is 5.75 Å². The van der Waals surface area contributed by atoms with Gasteiger partial charge in [-0.25, -0.2) is 0 Å². The van der Waals surface area contributed by atoms with Crippen LogP contribution in [0.15, 0.2) is 72.8 Å². The van der Waals surface area contributed by atoms with Gasteiger partial charge in [-0.05, 0) is 61.7 Å². The number of carbonyl (C=O) groups is 1. The molecule has 3 unspecified atom stereocenters. The molecule has 2 N–H and O–H groups in total. The number of para-hydroxylation sites is 1. The second-order valence-corrected chi connectivity index (χ2v) is 10.1. The van der Waals surface area contributed by atoms with E-state index in [9.17, 15) is 4.79 Å². The zero-order chi connectivity index (χ0) is 24.3. The van der Waals surface area contributed by atoms with Crippen molar-refractivity contribution in [2.75, 3.05) is 0 Å². The first kappa shape index (κ1) is 24.7. The molecule has 1 aliphatic heterocycles. The van der Waals surface area contributed by atoms with Crippen molar-refractivity contribution in [3.63, 3.8) is 0 Å². The van der Waals surface area contributed by atoms with Crippen LogP contribution in [-0.2, 0) is 10.5 Å². The number of nitrogens with one attached hydrogen (secondary N) is 2. The minimum Gasteiger partial charge on any atom is -0.491 e. The molecule has 0 aliphatic carbocycles. The molecule has 3 aromatic rings. The molecule has 1 heterocycles. The molecule has 3 aromatic carbocycles. The Morgan fingerprint density at radius 2 is 1.35 bits per heavy atom. The molecule has 0 spiro atoms. The lowest BCUT2D eigenvalue weighted by atomic mass is 9.89. The first-order chi connectivity index (χ1) is 16.3. The highest BCUT2D eigenvalue weighted by molar-refractivity contribution is 6.30. The number of hydrogen-bond acceptors (Lipinski definition) is 4. The highest BCUT2D eigenvalue weighted by atomic mass is 35.5. The third kappa shape index (κ3) is 5.31. The monoisotopic (exact) mass is 496 g/mol. The van der Waals surface area contributed by atoms with E-state index in [1.165, 1.54) is 0 Å². The van der Waals surface area contributed by atoms with Gasteiger partial charge in [0.25, 0.3) is 0 Å². The van der Waals surface area contributed by atoms with Gasteiger partial charge in [0, 0.05) is 21.5 Å². The number of hydrogen-bond donors (Lipinski definition) is 2. The number of halogens is 2. The van der Waals surface area contributed by atoms with Crippen molar-refractivity contribution in [2.24, 2.45) is 5.92 Å². The zero-order valence-corrected chi connectivity index (χ0v) is 21.1. The Hall–Kier alpha value is -2.37. The summed E-state index contributed by atoms with van der Waals surface area (Å²) in [6, 6.07) is 23.7. The van der Waals surface area contributed by atoms with E-state index in [4.69, 9.17) is 27.9 Å². The summed E-state index contributed by atoms with van der Waals surface area (Å²) in [6.07, 6.45) is 1.58. The second kappa shape index (κ2) is 10.5. The minimum absolute atomic E-state index is 0.0159. The molecular weight excluding hydrogens is 467 g/mol. The molecule has 4 rings (SSSR count). The van der Waals surface area contributed by atoms with Crippen LogP contribution in [0.25, 0.3) is 0 Å². The Morgan fingerprint density at radius 1 is 0.853 bits per heavy atom. The first-order valence-corrected chi connectivity index (χ1v) is 12.3. The summed E-state index contributed by atoms with van der Waals surface area (Å²) in [5, 5.41) is 9.12. The fraction of sp³-hybridized carbons (Fsp3) is 0.321. The first-order valence-electron chi connectivity index (χ1n) is 11.6. The third-order valence-corrected chi connectivity index (χ3v) is 6.67. The molecule has 1 fully saturated rings. The summed E-state index contributed by atoms with van der Waals surface area (Å²) >= 11 is 12.4. The normalized spacial score (nSPS) is 23.1. The standard InChI is InChI=1S/C28H30Cl2N2O2/c1-18(2)34-25-7-5-4-6-24(25)28(16-19(3)17-33)31-26(20-8-12-22(29)13-9-20)27(32-28)21-10-14-23(30)15-11-21/h4-15,17-19,26-27,31-32H,16H2,1-3H3. The van der Waals surface area contributed by atoms with E-state index in [2.05, 4.69) is 16.7 Å². The topological polar surface area (TPSA) is 50.4 Å². The molecule has 4 nitrogen and oxygen atoms in total. The zero-order valence-electron chi connectivity index (χ0n) is 19.6. The Labute approximate surface area is 211 Å². The SMILES string of the molecule is CC(C=O)CC1(c2ccccc2OC(C)C)NC(c2ccc(Cl)cc2)C(c2ccc(Cl)cc2)N1. The summed E-state index contributed by atoms with van der Waals surface area (Å²) < 4.78 is 6.21. The summed E-state index contributed by atoms with van der Waals surface area (Å²) in [4.78, 5) is 11.8. The molecule has 1 aliphatic rings. The minimum atomic E-state index is -0.694. The highest BCUT2D eigenvalue weighted by Gasteiger charge is 2.48. The van der Waals surface area contributed by atoms with E-state index in [0.29, 0.717) is 16.5 Å². The van der Waals surface area contributed by atoms with Crippen molar-refractivity contribution in [3.8, 4) is 5.75 Å². The van der Waals surface area contributed by atoms with Gasteiger partial charge in [0.15, 0.2) is 0 Å². The van der Waals surface area contributed by atoms with Gasteiger partial charge in [-0.3, -0.25) is 10.6 Å². The van der Waals surface area contributed by atoms with Crippen LogP contribution in [0.3, 0.4) is 0 Å². The van der Waals surface area contributed by atoms with E-state index in [-0.39, 0.29) is 24.1 Å². The predicted octanol–water partition coefficient (Wildman–Crippen LogP) is 6.83. The van der Waals surface area contributed by atoms with Gasteiger partial charge < -0.3 is 9.53 Å². The fourth-order valence-electron chi connectivity index (χ4n) is 4.72. The van der Waals surface area contributed by atoms with E-state index in [1.807, 2.05) is 87.5 Å². The molecule has 0 aromatic heterocycles. The summed E-state index contributed by atoms with van der Waals surface area (Å²) in [6.45, 7) is 5.97. The van der Waals surface area contributed by atoms with Crippen molar-refractivity contribution >= 4 is 29.5 Å². The van der Waals surface area contributed by atoms with E-state index in [1.54, 1.807) is 0 Å². The van der Waals surface area contributed by atoms with E-state index in [0.717, 1.165) is 28.7 Å². The smallest absolute Gasteiger partial charge is 0.126 e. The van der Waals surface area contributed by atoms with Gasteiger partial charge in [0.1, 0.15) is 17.7 Å². The maximum Gasteiger partial charge on any atom is 0.126 e. The van der Waals surface area contributed by atoms with Crippen LogP contribution >= 0.6 is 23.2 Å². The van der Waals surface area contributed by atoms with Crippen molar-refractivity contribution < 1.29 is 9.53 Å². The number of rotatable bonds is 8. The molecule has 0 amide bonds. The lowest BCUT2D eigenvalue weighted by molar-refractivity contribution is -0.111. The van der Waals surface area contributed by atoms with Crippen molar-refractivity contribution in [1.29, 1.82) is 0 Å². The van der Waals surface area contributed by atoms with Crippen molar-refractivity contribution in [2.45, 2.75) is 51.0 Å². The predicted molar refractivity (Wildman–Crippen MR) is 138 cm³/mol. The summed E-state index contributed by atoms with van der Waals surface area (Å²) in [5.41, 5.74) is 2.48. The average Bonchev–Trinajstić information content (AvgIpc) is 3.20. The lowest BCUT2D eigenvalue weighted by Gasteiger charge is -2.34. The summed E-state index contributed by atoms with van der Waals surface area (Å²) in [5.74, 6) is 0.615. The Bertz CT molecular complexity index is 1060. The molecule has 0 bridgehead atoms. The second-order valence-electron chi connectivity index (χ2n) is 9.23. The maximum absolute atomic E-state index is 11.8. The highest BCUT2D eigenvalue weighted by Crippen LogP contribution is 2.46. The average molecular weight is 497 g/mol. The quantitative estimate of drug-likeness (QED) is 0.335. The van der Waals surface area contributed by atoms with Crippen LogP contribution in [-0.4, -0.2) is 12.4 Å². The summed E-state index contributed by atoms with van der Waals surface area (Å²) in [7, 11) is 0. The van der Waals surface area contributed by atoms with Crippen LogP contribution in [0.1, 0.15) is 56.0 Å². The Kier molecular flexibility index (Phi) is 7.63. The molecule has 178 valence electrons. The third-order valence-electron chi connectivity index (χ3n) is 6.17. The fourth-order valence-corrected chi connectivity index (χ4v) is 4.97. The number of aldehydes is 1. The van der Waals surface area contributed by atoms with Gasteiger partial charge >= 0.3 is 0 Å². The maximum atomic E-state index is 11.8. The van der Waals surface area contributed by atoms with Gasteiger partial charge in [-0.15, -0.1) is 0 Å². The molecule has 0 radical (unpaired) electrons. The molecule has 3 atom stereocenters. The molecule has 1 saturated heterocycles. The van der Waals surface area contributed by atoms with Crippen LogP contribution in [0, 0.1) is 5.92 Å².